The predicted molar refractivity (Wildman–Crippen MR) is 74.8 cm³/mol. The van der Waals surface area contributed by atoms with Gasteiger partial charge in [-0.3, -0.25) is 4.79 Å². The molecule has 0 fully saturated rings. The highest BCUT2D eigenvalue weighted by molar-refractivity contribution is 6.29. The third-order valence-corrected chi connectivity index (χ3v) is 2.64. The number of aromatic nitrogens is 1. The van der Waals surface area contributed by atoms with Crippen LogP contribution in [0.4, 0.5) is 5.69 Å². The quantitative estimate of drug-likeness (QED) is 0.871. The van der Waals surface area contributed by atoms with Gasteiger partial charge < -0.3 is 10.1 Å². The van der Waals surface area contributed by atoms with Gasteiger partial charge in [0.05, 0.1) is 12.2 Å². The molecule has 0 aliphatic heterocycles. The average Bonchev–Trinajstić information content (AvgIpc) is 2.42. The summed E-state index contributed by atoms with van der Waals surface area (Å²) >= 11 is 5.67. The zero-order valence-corrected chi connectivity index (χ0v) is 11.1. The first kappa shape index (κ1) is 13.4. The normalized spacial score (nSPS) is 10.0. The van der Waals surface area contributed by atoms with Gasteiger partial charge in [0.25, 0.3) is 5.91 Å². The van der Waals surface area contributed by atoms with E-state index >= 15 is 0 Å². The third kappa shape index (κ3) is 3.69. The van der Waals surface area contributed by atoms with Gasteiger partial charge in [-0.2, -0.15) is 0 Å². The molecule has 4 nitrogen and oxygen atoms in total. The zero-order valence-electron chi connectivity index (χ0n) is 10.4. The number of nitrogens with zero attached hydrogens (tertiary/aromatic N) is 1. The van der Waals surface area contributed by atoms with Crippen molar-refractivity contribution in [2.75, 3.05) is 11.9 Å². The molecule has 0 atom stereocenters. The minimum Gasteiger partial charge on any atom is -0.494 e. The van der Waals surface area contributed by atoms with E-state index in [1.165, 1.54) is 6.20 Å². The molecule has 0 saturated carbocycles. The first-order valence-corrected chi connectivity index (χ1v) is 6.22. The lowest BCUT2D eigenvalue weighted by Gasteiger charge is -2.07. The molecule has 5 heteroatoms. The Labute approximate surface area is 116 Å². The molecule has 0 aliphatic rings. The van der Waals surface area contributed by atoms with Crippen LogP contribution in [-0.4, -0.2) is 17.5 Å². The molecule has 0 bridgehead atoms. The van der Waals surface area contributed by atoms with E-state index in [4.69, 9.17) is 16.3 Å². The molecule has 0 unspecified atom stereocenters. The molecule has 1 amide bonds. The van der Waals surface area contributed by atoms with Gasteiger partial charge in [-0.25, -0.2) is 4.98 Å². The summed E-state index contributed by atoms with van der Waals surface area (Å²) in [5, 5.41) is 3.13. The number of pyridine rings is 1. The van der Waals surface area contributed by atoms with Crippen molar-refractivity contribution in [1.82, 2.24) is 4.98 Å². The van der Waals surface area contributed by atoms with Crippen LogP contribution >= 0.6 is 11.6 Å². The molecule has 1 N–H and O–H groups in total. The number of anilines is 1. The molecule has 98 valence electrons. The summed E-state index contributed by atoms with van der Waals surface area (Å²) in [5.41, 5.74) is 1.15. The summed E-state index contributed by atoms with van der Waals surface area (Å²) in [7, 11) is 0. The Morgan fingerprint density at radius 1 is 1.26 bits per heavy atom. The van der Waals surface area contributed by atoms with E-state index in [0.29, 0.717) is 23.0 Å². The van der Waals surface area contributed by atoms with Crippen LogP contribution in [0.5, 0.6) is 5.75 Å². The van der Waals surface area contributed by atoms with Crippen molar-refractivity contribution in [3.63, 3.8) is 0 Å². The number of hydrogen-bond acceptors (Lipinski definition) is 3. The highest BCUT2D eigenvalue weighted by Crippen LogP contribution is 2.16. The van der Waals surface area contributed by atoms with E-state index in [0.717, 1.165) is 5.75 Å². The molecule has 1 heterocycles. The van der Waals surface area contributed by atoms with E-state index < -0.39 is 0 Å². The monoisotopic (exact) mass is 276 g/mol. The van der Waals surface area contributed by atoms with Crippen LogP contribution in [0.25, 0.3) is 0 Å². The molecule has 1 aromatic carbocycles. The van der Waals surface area contributed by atoms with Gasteiger partial charge in [0.2, 0.25) is 0 Å². The minimum absolute atomic E-state index is 0.228. The lowest BCUT2D eigenvalue weighted by molar-refractivity contribution is 0.102. The third-order valence-electron chi connectivity index (χ3n) is 2.41. The van der Waals surface area contributed by atoms with Crippen molar-refractivity contribution < 1.29 is 9.53 Å². The summed E-state index contributed by atoms with van der Waals surface area (Å²) in [5.74, 6) is 0.544. The van der Waals surface area contributed by atoms with Crippen LogP contribution in [0.2, 0.25) is 5.15 Å². The lowest BCUT2D eigenvalue weighted by Crippen LogP contribution is -2.11. The molecule has 0 saturated heterocycles. The molecule has 19 heavy (non-hydrogen) atoms. The van der Waals surface area contributed by atoms with Gasteiger partial charge in [-0.1, -0.05) is 11.6 Å². The molecule has 2 rings (SSSR count). The van der Waals surface area contributed by atoms with Crippen LogP contribution in [0, 0.1) is 0 Å². The number of nitrogens with one attached hydrogen (secondary N) is 1. The number of ether oxygens (including phenoxy) is 1. The Kier molecular flexibility index (Phi) is 4.36. The number of carbonyl (C=O) groups excluding carboxylic acids is 1. The van der Waals surface area contributed by atoms with Crippen molar-refractivity contribution >= 4 is 23.2 Å². The number of rotatable bonds is 4. The van der Waals surface area contributed by atoms with Crippen molar-refractivity contribution in [3.05, 3.63) is 53.3 Å². The standard InChI is InChI=1S/C14H13ClN2O2/c1-2-19-12-6-4-11(5-7-12)17-14(18)10-3-8-13(15)16-9-10/h3-9H,2H2,1H3,(H,17,18). The average molecular weight is 277 g/mol. The Bertz CT molecular complexity index is 553. The van der Waals surface area contributed by atoms with E-state index in [9.17, 15) is 4.79 Å². The van der Waals surface area contributed by atoms with Crippen LogP contribution in [0.1, 0.15) is 17.3 Å². The highest BCUT2D eigenvalue weighted by Gasteiger charge is 2.06. The van der Waals surface area contributed by atoms with Gasteiger partial charge in [-0.15, -0.1) is 0 Å². The summed E-state index contributed by atoms with van der Waals surface area (Å²) in [6, 6.07) is 10.4. The second-order valence-corrected chi connectivity index (χ2v) is 4.17. The number of halogens is 1. The van der Waals surface area contributed by atoms with Crippen LogP contribution in [-0.2, 0) is 0 Å². The Balaban J connectivity index is 2.04. The van der Waals surface area contributed by atoms with Gasteiger partial charge in [0.15, 0.2) is 0 Å². The molecule has 0 spiro atoms. The molecular weight excluding hydrogens is 264 g/mol. The van der Waals surface area contributed by atoms with Gasteiger partial charge >= 0.3 is 0 Å². The fraction of sp³-hybridized carbons (Fsp3) is 0.143. The first-order chi connectivity index (χ1) is 9.19. The van der Waals surface area contributed by atoms with E-state index in [2.05, 4.69) is 10.3 Å². The fourth-order valence-electron chi connectivity index (χ4n) is 1.51. The Morgan fingerprint density at radius 3 is 2.58 bits per heavy atom. The summed E-state index contributed by atoms with van der Waals surface area (Å²) in [4.78, 5) is 15.8. The maximum atomic E-state index is 11.9. The molecule has 0 aliphatic carbocycles. The van der Waals surface area contributed by atoms with Crippen LogP contribution in [0.3, 0.4) is 0 Å². The zero-order chi connectivity index (χ0) is 13.7. The van der Waals surface area contributed by atoms with E-state index in [1.54, 1.807) is 36.4 Å². The largest absolute Gasteiger partial charge is 0.494 e. The maximum absolute atomic E-state index is 11.9. The van der Waals surface area contributed by atoms with Crippen molar-refractivity contribution in [3.8, 4) is 5.75 Å². The molecular formula is C14H13ClN2O2. The smallest absolute Gasteiger partial charge is 0.257 e. The molecule has 1 aromatic heterocycles. The van der Waals surface area contributed by atoms with E-state index in [-0.39, 0.29) is 5.91 Å². The first-order valence-electron chi connectivity index (χ1n) is 5.85. The Hall–Kier alpha value is -2.07. The number of hydrogen-bond donors (Lipinski definition) is 1. The van der Waals surface area contributed by atoms with Crippen molar-refractivity contribution in [2.24, 2.45) is 0 Å². The van der Waals surface area contributed by atoms with E-state index in [1.807, 2.05) is 6.92 Å². The maximum Gasteiger partial charge on any atom is 0.257 e. The van der Waals surface area contributed by atoms with Gasteiger partial charge in [0.1, 0.15) is 10.9 Å². The highest BCUT2D eigenvalue weighted by atomic mass is 35.5. The SMILES string of the molecule is CCOc1ccc(NC(=O)c2ccc(Cl)nc2)cc1. The topological polar surface area (TPSA) is 51.2 Å². The number of benzene rings is 1. The molecule has 2 aromatic rings. The summed E-state index contributed by atoms with van der Waals surface area (Å²) in [6.45, 7) is 2.53. The predicted octanol–water partition coefficient (Wildman–Crippen LogP) is 3.39. The number of amides is 1. The van der Waals surface area contributed by atoms with Gasteiger partial charge in [0, 0.05) is 11.9 Å². The van der Waals surface area contributed by atoms with Crippen molar-refractivity contribution in [2.45, 2.75) is 6.92 Å². The number of carbonyl (C=O) groups is 1. The van der Waals surface area contributed by atoms with Crippen molar-refractivity contribution in [1.29, 1.82) is 0 Å². The summed E-state index contributed by atoms with van der Waals surface area (Å²) in [6.07, 6.45) is 1.44. The lowest BCUT2D eigenvalue weighted by atomic mass is 10.2. The fourth-order valence-corrected chi connectivity index (χ4v) is 1.63. The minimum atomic E-state index is -0.228. The van der Waals surface area contributed by atoms with Crippen LogP contribution < -0.4 is 10.1 Å². The van der Waals surface area contributed by atoms with Crippen LogP contribution in [0.15, 0.2) is 42.6 Å². The Morgan fingerprint density at radius 2 is 2.00 bits per heavy atom. The van der Waals surface area contributed by atoms with Gasteiger partial charge in [-0.05, 0) is 43.3 Å². The summed E-state index contributed by atoms with van der Waals surface area (Å²) < 4.78 is 5.33. The molecule has 0 radical (unpaired) electrons. The second kappa shape index (κ2) is 6.20. The second-order valence-electron chi connectivity index (χ2n) is 3.78.